The highest BCUT2D eigenvalue weighted by Gasteiger charge is 2.20. The molecule has 0 bridgehead atoms. The molecule has 7 heteroatoms. The highest BCUT2D eigenvalue weighted by molar-refractivity contribution is 5.98. The number of morpholine rings is 1. The number of ether oxygens (including phenoxy) is 1. The number of pyridine rings is 2. The average Bonchev–Trinajstić information content (AvgIpc) is 2.61. The van der Waals surface area contributed by atoms with E-state index in [0.717, 1.165) is 11.3 Å². The first-order chi connectivity index (χ1) is 12.1. The molecule has 0 aliphatic carbocycles. The Bertz CT molecular complexity index is 825. The molecule has 1 saturated heterocycles. The number of hydrogen-bond donors (Lipinski definition) is 2. The van der Waals surface area contributed by atoms with Crippen LogP contribution in [0.4, 0.5) is 5.82 Å². The lowest BCUT2D eigenvalue weighted by molar-refractivity contribution is 0.0948. The number of aromatic amines is 1. The Morgan fingerprint density at radius 1 is 1.36 bits per heavy atom. The molecule has 1 amide bonds. The Balaban J connectivity index is 1.77. The maximum absolute atomic E-state index is 12.6. The minimum Gasteiger partial charge on any atom is -0.378 e. The van der Waals surface area contributed by atoms with Gasteiger partial charge >= 0.3 is 0 Å². The van der Waals surface area contributed by atoms with Gasteiger partial charge in [0, 0.05) is 37.1 Å². The summed E-state index contributed by atoms with van der Waals surface area (Å²) in [5, 5.41) is 2.84. The summed E-state index contributed by atoms with van der Waals surface area (Å²) in [5.74, 6) is 0.409. The van der Waals surface area contributed by atoms with Crippen LogP contribution in [0, 0.1) is 13.8 Å². The van der Waals surface area contributed by atoms with E-state index in [0.29, 0.717) is 43.2 Å². The first-order valence-corrected chi connectivity index (χ1v) is 8.31. The first-order valence-electron chi connectivity index (χ1n) is 8.31. The molecule has 3 rings (SSSR count). The van der Waals surface area contributed by atoms with Crippen molar-refractivity contribution in [1.82, 2.24) is 15.3 Å². The lowest BCUT2D eigenvalue weighted by atomic mass is 10.1. The van der Waals surface area contributed by atoms with Gasteiger partial charge in [0.05, 0.1) is 18.8 Å². The maximum Gasteiger partial charge on any atom is 0.255 e. The largest absolute Gasteiger partial charge is 0.378 e. The number of carbonyl (C=O) groups excluding carboxylic acids is 1. The monoisotopic (exact) mass is 342 g/mol. The molecule has 0 unspecified atom stereocenters. The summed E-state index contributed by atoms with van der Waals surface area (Å²) >= 11 is 0. The van der Waals surface area contributed by atoms with Crippen molar-refractivity contribution in [3.05, 3.63) is 57.1 Å². The Morgan fingerprint density at radius 2 is 2.12 bits per heavy atom. The van der Waals surface area contributed by atoms with Crippen molar-refractivity contribution >= 4 is 11.7 Å². The molecule has 2 N–H and O–H groups in total. The summed E-state index contributed by atoms with van der Waals surface area (Å²) in [6, 6.07) is 5.38. The maximum atomic E-state index is 12.6. The topological polar surface area (TPSA) is 87.3 Å². The van der Waals surface area contributed by atoms with Crippen LogP contribution < -0.4 is 15.8 Å². The van der Waals surface area contributed by atoms with Crippen LogP contribution in [0.15, 0.2) is 29.2 Å². The van der Waals surface area contributed by atoms with Crippen LogP contribution in [-0.2, 0) is 11.3 Å². The lowest BCUT2D eigenvalue weighted by Gasteiger charge is -2.29. The van der Waals surface area contributed by atoms with Crippen LogP contribution >= 0.6 is 0 Å². The van der Waals surface area contributed by atoms with Gasteiger partial charge in [-0.25, -0.2) is 4.98 Å². The van der Waals surface area contributed by atoms with Gasteiger partial charge in [-0.1, -0.05) is 0 Å². The van der Waals surface area contributed by atoms with Crippen LogP contribution in [0.25, 0.3) is 0 Å². The summed E-state index contributed by atoms with van der Waals surface area (Å²) in [4.78, 5) is 33.9. The summed E-state index contributed by atoms with van der Waals surface area (Å²) in [7, 11) is 0. The number of nitrogens with zero attached hydrogens (tertiary/aromatic N) is 2. The van der Waals surface area contributed by atoms with E-state index in [1.165, 1.54) is 0 Å². The first kappa shape index (κ1) is 17.2. The van der Waals surface area contributed by atoms with E-state index in [1.807, 2.05) is 24.8 Å². The van der Waals surface area contributed by atoms with Gasteiger partial charge in [-0.05, 0) is 37.6 Å². The molecule has 132 valence electrons. The van der Waals surface area contributed by atoms with E-state index in [9.17, 15) is 9.59 Å². The molecular weight excluding hydrogens is 320 g/mol. The van der Waals surface area contributed by atoms with Crippen molar-refractivity contribution < 1.29 is 9.53 Å². The van der Waals surface area contributed by atoms with Gasteiger partial charge in [0.1, 0.15) is 5.82 Å². The van der Waals surface area contributed by atoms with Crippen LogP contribution in [0.3, 0.4) is 0 Å². The molecule has 2 aromatic heterocycles. The second kappa shape index (κ2) is 7.48. The van der Waals surface area contributed by atoms with Crippen LogP contribution in [0.2, 0.25) is 0 Å². The van der Waals surface area contributed by atoms with E-state index in [1.54, 1.807) is 18.3 Å². The number of amides is 1. The molecule has 0 spiro atoms. The second-order valence-corrected chi connectivity index (χ2v) is 6.10. The van der Waals surface area contributed by atoms with Gasteiger partial charge in [0.15, 0.2) is 0 Å². The summed E-state index contributed by atoms with van der Waals surface area (Å²) in [6.07, 6.45) is 1.68. The quantitative estimate of drug-likeness (QED) is 0.870. The number of aryl methyl sites for hydroxylation is 2. The Hall–Kier alpha value is -2.67. The number of hydrogen-bond acceptors (Lipinski definition) is 5. The van der Waals surface area contributed by atoms with Crippen molar-refractivity contribution in [1.29, 1.82) is 0 Å². The number of aromatic nitrogens is 2. The fraction of sp³-hybridized carbons (Fsp3) is 0.389. The van der Waals surface area contributed by atoms with Crippen molar-refractivity contribution in [3.8, 4) is 0 Å². The normalized spacial score (nSPS) is 14.4. The highest BCUT2D eigenvalue weighted by Crippen LogP contribution is 2.18. The third-order valence-electron chi connectivity index (χ3n) is 4.26. The smallest absolute Gasteiger partial charge is 0.255 e. The van der Waals surface area contributed by atoms with E-state index in [4.69, 9.17) is 4.74 Å². The highest BCUT2D eigenvalue weighted by atomic mass is 16.5. The molecule has 7 nitrogen and oxygen atoms in total. The van der Waals surface area contributed by atoms with Gasteiger partial charge < -0.3 is 19.9 Å². The number of carbonyl (C=O) groups is 1. The molecule has 1 aliphatic rings. The molecule has 1 fully saturated rings. The van der Waals surface area contributed by atoms with Crippen LogP contribution in [0.1, 0.15) is 27.2 Å². The molecular formula is C18H22N4O3. The predicted octanol–water partition coefficient (Wildman–Crippen LogP) is 1.15. The zero-order valence-electron chi connectivity index (χ0n) is 14.5. The van der Waals surface area contributed by atoms with Crippen molar-refractivity contribution in [2.45, 2.75) is 20.4 Å². The second-order valence-electron chi connectivity index (χ2n) is 6.10. The number of nitrogens with one attached hydrogen (secondary N) is 2. The minimum atomic E-state index is -0.242. The van der Waals surface area contributed by atoms with Crippen molar-refractivity contribution in [2.75, 3.05) is 31.2 Å². The number of rotatable bonds is 4. The molecule has 1 aliphatic heterocycles. The fourth-order valence-corrected chi connectivity index (χ4v) is 2.97. The van der Waals surface area contributed by atoms with Gasteiger partial charge in [-0.3, -0.25) is 9.59 Å². The third kappa shape index (κ3) is 3.88. The van der Waals surface area contributed by atoms with Gasteiger partial charge in [-0.15, -0.1) is 0 Å². The minimum absolute atomic E-state index is 0.169. The van der Waals surface area contributed by atoms with Crippen LogP contribution in [-0.4, -0.2) is 42.2 Å². The molecule has 2 aromatic rings. The number of anilines is 1. The standard InChI is InChI=1S/C18H22N4O3/c1-12-10-13(2)21-18(24)15(12)11-20-17(23)14-4-3-5-19-16(14)22-6-8-25-9-7-22/h3-5,10H,6-9,11H2,1-2H3,(H,20,23)(H,21,24). The zero-order chi connectivity index (χ0) is 17.8. The Kier molecular flexibility index (Phi) is 5.14. The molecule has 0 atom stereocenters. The van der Waals surface area contributed by atoms with E-state index >= 15 is 0 Å². The SMILES string of the molecule is Cc1cc(C)c(CNC(=O)c2cccnc2N2CCOCC2)c(=O)[nH]1. The zero-order valence-corrected chi connectivity index (χ0v) is 14.5. The van der Waals surface area contributed by atoms with Crippen molar-refractivity contribution in [3.63, 3.8) is 0 Å². The van der Waals surface area contributed by atoms with E-state index in [2.05, 4.69) is 15.3 Å². The van der Waals surface area contributed by atoms with Gasteiger partial charge in [-0.2, -0.15) is 0 Å². The summed E-state index contributed by atoms with van der Waals surface area (Å²) < 4.78 is 5.35. The molecule has 3 heterocycles. The fourth-order valence-electron chi connectivity index (χ4n) is 2.97. The molecule has 0 saturated carbocycles. The average molecular weight is 342 g/mol. The number of H-pyrrole nitrogens is 1. The molecule has 0 aromatic carbocycles. The third-order valence-corrected chi connectivity index (χ3v) is 4.26. The molecule has 25 heavy (non-hydrogen) atoms. The van der Waals surface area contributed by atoms with Gasteiger partial charge in [0.2, 0.25) is 0 Å². The van der Waals surface area contributed by atoms with Gasteiger partial charge in [0.25, 0.3) is 11.5 Å². The van der Waals surface area contributed by atoms with E-state index in [-0.39, 0.29) is 18.0 Å². The Morgan fingerprint density at radius 3 is 2.84 bits per heavy atom. The van der Waals surface area contributed by atoms with Crippen molar-refractivity contribution in [2.24, 2.45) is 0 Å². The van der Waals surface area contributed by atoms with E-state index < -0.39 is 0 Å². The predicted molar refractivity (Wildman–Crippen MR) is 95.0 cm³/mol. The lowest BCUT2D eigenvalue weighted by Crippen LogP contribution is -2.38. The Labute approximate surface area is 146 Å². The summed E-state index contributed by atoms with van der Waals surface area (Å²) in [5.41, 5.74) is 2.57. The molecule has 0 radical (unpaired) electrons. The van der Waals surface area contributed by atoms with Crippen LogP contribution in [0.5, 0.6) is 0 Å². The summed E-state index contributed by atoms with van der Waals surface area (Å²) in [6.45, 7) is 6.53.